The molecule has 3 rings (SSSR count). The summed E-state index contributed by atoms with van der Waals surface area (Å²) in [5, 5.41) is 10.7. The van der Waals surface area contributed by atoms with Gasteiger partial charge in [-0.25, -0.2) is 0 Å². The fourth-order valence-electron chi connectivity index (χ4n) is 3.51. The Morgan fingerprint density at radius 3 is 2.50 bits per heavy atom. The van der Waals surface area contributed by atoms with E-state index in [1.165, 1.54) is 48.8 Å². The summed E-state index contributed by atoms with van der Waals surface area (Å²) in [5.74, 6) is 0. The summed E-state index contributed by atoms with van der Waals surface area (Å²) in [6.07, 6.45) is 10.5. The number of non-ortho nitro benzene ring substituents is 1. The van der Waals surface area contributed by atoms with Crippen molar-refractivity contribution in [3.05, 3.63) is 80.9 Å². The van der Waals surface area contributed by atoms with Crippen molar-refractivity contribution in [1.29, 1.82) is 0 Å². The molecule has 0 heterocycles. The molecule has 26 heavy (non-hydrogen) atoms. The second-order valence-electron chi connectivity index (χ2n) is 7.11. The average molecular weight is 350 g/mol. The third-order valence-electron chi connectivity index (χ3n) is 4.95. The number of likely N-dealkylation sites (N-methyl/N-ethyl adjacent to an activating group) is 1. The maximum Gasteiger partial charge on any atom is 0.269 e. The van der Waals surface area contributed by atoms with Crippen molar-refractivity contribution in [3.63, 3.8) is 0 Å². The topological polar surface area (TPSA) is 46.4 Å². The van der Waals surface area contributed by atoms with E-state index in [1.807, 2.05) is 6.08 Å². The van der Waals surface area contributed by atoms with Crippen LogP contribution in [-0.2, 0) is 19.4 Å². The molecular formula is C22H26N2O2. The predicted octanol–water partition coefficient (Wildman–Crippen LogP) is 5.01. The summed E-state index contributed by atoms with van der Waals surface area (Å²) in [6.45, 7) is 1.77. The van der Waals surface area contributed by atoms with E-state index in [1.54, 1.807) is 24.3 Å². The van der Waals surface area contributed by atoms with Gasteiger partial charge >= 0.3 is 0 Å². The maximum atomic E-state index is 10.7. The van der Waals surface area contributed by atoms with Crippen molar-refractivity contribution < 1.29 is 4.92 Å². The molecule has 0 amide bonds. The minimum Gasteiger partial charge on any atom is -0.298 e. The van der Waals surface area contributed by atoms with Gasteiger partial charge in [-0.2, -0.15) is 0 Å². The third-order valence-corrected chi connectivity index (χ3v) is 4.95. The van der Waals surface area contributed by atoms with Crippen molar-refractivity contribution in [3.8, 4) is 0 Å². The zero-order chi connectivity index (χ0) is 18.4. The molecule has 0 radical (unpaired) electrons. The highest BCUT2D eigenvalue weighted by molar-refractivity contribution is 5.51. The standard InChI is InChI=1S/C22H26N2O2/c1-23(15-5-6-18-10-13-22(14-11-18)24(25)26)17-19-9-12-20-7-3-2-4-8-21(20)16-19/h5-6,9-14,16H,2-4,7-8,15,17H2,1H3/b6-5+. The number of benzene rings is 2. The minimum absolute atomic E-state index is 0.127. The van der Waals surface area contributed by atoms with E-state index in [9.17, 15) is 10.1 Å². The normalized spacial score (nSPS) is 14.4. The number of nitrogens with zero attached hydrogens (tertiary/aromatic N) is 2. The lowest BCUT2D eigenvalue weighted by Gasteiger charge is -2.16. The average Bonchev–Trinajstić information content (AvgIpc) is 2.87. The maximum absolute atomic E-state index is 10.7. The van der Waals surface area contributed by atoms with Crippen LogP contribution in [0.25, 0.3) is 6.08 Å². The summed E-state index contributed by atoms with van der Waals surface area (Å²) in [6, 6.07) is 13.6. The van der Waals surface area contributed by atoms with Gasteiger partial charge in [-0.3, -0.25) is 15.0 Å². The Hall–Kier alpha value is -2.46. The van der Waals surface area contributed by atoms with Crippen LogP contribution in [0.4, 0.5) is 5.69 Å². The van der Waals surface area contributed by atoms with Crippen LogP contribution < -0.4 is 0 Å². The lowest BCUT2D eigenvalue weighted by atomic mass is 10.00. The Morgan fingerprint density at radius 2 is 1.77 bits per heavy atom. The molecular weight excluding hydrogens is 324 g/mol. The molecule has 0 aromatic heterocycles. The van der Waals surface area contributed by atoms with Crippen LogP contribution >= 0.6 is 0 Å². The highest BCUT2D eigenvalue weighted by Gasteiger charge is 2.09. The predicted molar refractivity (Wildman–Crippen MR) is 106 cm³/mol. The first kappa shape index (κ1) is 18.3. The van der Waals surface area contributed by atoms with Crippen molar-refractivity contribution in [2.24, 2.45) is 0 Å². The van der Waals surface area contributed by atoms with Crippen LogP contribution in [-0.4, -0.2) is 23.4 Å². The Kier molecular flexibility index (Phi) is 6.18. The van der Waals surface area contributed by atoms with Gasteiger partial charge in [0.1, 0.15) is 0 Å². The highest BCUT2D eigenvalue weighted by atomic mass is 16.6. The number of nitro benzene ring substituents is 1. The molecule has 2 aromatic rings. The van der Waals surface area contributed by atoms with Crippen LogP contribution in [0, 0.1) is 10.1 Å². The van der Waals surface area contributed by atoms with Gasteiger partial charge in [0.15, 0.2) is 0 Å². The van der Waals surface area contributed by atoms with E-state index in [2.05, 4.69) is 36.2 Å². The van der Waals surface area contributed by atoms with E-state index >= 15 is 0 Å². The van der Waals surface area contributed by atoms with Crippen molar-refractivity contribution >= 4 is 11.8 Å². The van der Waals surface area contributed by atoms with E-state index in [-0.39, 0.29) is 10.6 Å². The molecule has 0 aliphatic heterocycles. The summed E-state index contributed by atoms with van der Waals surface area (Å²) in [4.78, 5) is 12.6. The molecule has 0 unspecified atom stereocenters. The van der Waals surface area contributed by atoms with E-state index < -0.39 is 0 Å². The first-order valence-electron chi connectivity index (χ1n) is 9.32. The lowest BCUT2D eigenvalue weighted by molar-refractivity contribution is -0.384. The largest absolute Gasteiger partial charge is 0.298 e. The Labute approximate surface area is 155 Å². The van der Waals surface area contributed by atoms with Gasteiger partial charge in [0, 0.05) is 25.2 Å². The summed E-state index contributed by atoms with van der Waals surface area (Å²) in [7, 11) is 2.12. The van der Waals surface area contributed by atoms with Gasteiger partial charge in [0.25, 0.3) is 5.69 Å². The number of hydrogen-bond donors (Lipinski definition) is 0. The van der Waals surface area contributed by atoms with Gasteiger partial charge in [-0.05, 0) is 67.1 Å². The first-order valence-corrected chi connectivity index (χ1v) is 9.32. The molecule has 136 valence electrons. The van der Waals surface area contributed by atoms with Crippen LogP contribution in [0.3, 0.4) is 0 Å². The monoisotopic (exact) mass is 350 g/mol. The van der Waals surface area contributed by atoms with E-state index in [4.69, 9.17) is 0 Å². The molecule has 2 aromatic carbocycles. The van der Waals surface area contributed by atoms with Gasteiger partial charge in [-0.15, -0.1) is 0 Å². The molecule has 0 spiro atoms. The molecule has 0 saturated heterocycles. The number of hydrogen-bond acceptors (Lipinski definition) is 3. The molecule has 1 aliphatic carbocycles. The second-order valence-corrected chi connectivity index (χ2v) is 7.11. The van der Waals surface area contributed by atoms with Gasteiger partial charge in [-0.1, -0.05) is 36.8 Å². The fraction of sp³-hybridized carbons (Fsp3) is 0.364. The van der Waals surface area contributed by atoms with Gasteiger partial charge in [0.2, 0.25) is 0 Å². The van der Waals surface area contributed by atoms with Crippen molar-refractivity contribution in [1.82, 2.24) is 4.90 Å². The molecule has 0 N–H and O–H groups in total. The van der Waals surface area contributed by atoms with E-state index in [0.29, 0.717) is 0 Å². The van der Waals surface area contributed by atoms with Crippen molar-refractivity contribution in [2.75, 3.05) is 13.6 Å². The number of aryl methyl sites for hydroxylation is 2. The first-order chi connectivity index (χ1) is 12.6. The van der Waals surface area contributed by atoms with Crippen molar-refractivity contribution in [2.45, 2.75) is 38.6 Å². The molecule has 1 aliphatic rings. The summed E-state index contributed by atoms with van der Waals surface area (Å²) in [5.41, 5.74) is 5.55. The smallest absolute Gasteiger partial charge is 0.269 e. The number of fused-ring (bicyclic) bond motifs is 1. The molecule has 4 heteroatoms. The van der Waals surface area contributed by atoms with Gasteiger partial charge in [0.05, 0.1) is 4.92 Å². The lowest BCUT2D eigenvalue weighted by Crippen LogP contribution is -2.17. The molecule has 0 fully saturated rings. The second kappa shape index (κ2) is 8.77. The van der Waals surface area contributed by atoms with Crippen LogP contribution in [0.15, 0.2) is 48.5 Å². The Bertz CT molecular complexity index is 781. The molecule has 0 saturated carbocycles. The quantitative estimate of drug-likeness (QED) is 0.418. The highest BCUT2D eigenvalue weighted by Crippen LogP contribution is 2.22. The Balaban J connectivity index is 1.54. The Morgan fingerprint density at radius 1 is 1.04 bits per heavy atom. The number of rotatable bonds is 6. The SMILES string of the molecule is CN(C/C=C/c1ccc([N+](=O)[O-])cc1)Cc1ccc2c(c1)CCCCC2. The fourth-order valence-corrected chi connectivity index (χ4v) is 3.51. The number of nitro groups is 1. The zero-order valence-electron chi connectivity index (χ0n) is 15.4. The third kappa shape index (κ3) is 5.02. The summed E-state index contributed by atoms with van der Waals surface area (Å²) < 4.78 is 0. The van der Waals surface area contributed by atoms with Crippen LogP contribution in [0.1, 0.15) is 41.5 Å². The zero-order valence-corrected chi connectivity index (χ0v) is 15.4. The summed E-state index contributed by atoms with van der Waals surface area (Å²) >= 11 is 0. The minimum atomic E-state index is -0.373. The van der Waals surface area contributed by atoms with E-state index in [0.717, 1.165) is 18.7 Å². The molecule has 0 bridgehead atoms. The van der Waals surface area contributed by atoms with Crippen LogP contribution in [0.2, 0.25) is 0 Å². The molecule has 0 atom stereocenters. The van der Waals surface area contributed by atoms with Gasteiger partial charge < -0.3 is 0 Å². The molecule has 4 nitrogen and oxygen atoms in total. The van der Waals surface area contributed by atoms with Crippen LogP contribution in [0.5, 0.6) is 0 Å².